The normalized spacial score (nSPS) is 15.4. The highest BCUT2D eigenvalue weighted by molar-refractivity contribution is 7.12. The SMILES string of the molecule is Cc1ccc(C(C(=O)NC2CCCCC2)N(Cc2ccco2)C(=O)c2cccs2)cc1. The number of rotatable bonds is 7. The van der Waals surface area contributed by atoms with Crippen molar-refractivity contribution < 1.29 is 14.0 Å². The molecule has 1 N–H and O–H groups in total. The van der Waals surface area contributed by atoms with Crippen molar-refractivity contribution in [1.29, 1.82) is 0 Å². The zero-order chi connectivity index (χ0) is 21.6. The predicted octanol–water partition coefficient (Wildman–Crippen LogP) is 5.48. The first-order chi connectivity index (χ1) is 15.1. The molecule has 2 aromatic heterocycles. The summed E-state index contributed by atoms with van der Waals surface area (Å²) < 4.78 is 5.54. The Morgan fingerprint density at radius 2 is 1.87 bits per heavy atom. The van der Waals surface area contributed by atoms with Gasteiger partial charge in [0, 0.05) is 6.04 Å². The summed E-state index contributed by atoms with van der Waals surface area (Å²) in [5.74, 6) is 0.343. The van der Waals surface area contributed by atoms with E-state index < -0.39 is 6.04 Å². The molecule has 1 aromatic carbocycles. The smallest absolute Gasteiger partial charge is 0.265 e. The van der Waals surface area contributed by atoms with Crippen LogP contribution in [0.25, 0.3) is 0 Å². The van der Waals surface area contributed by atoms with Gasteiger partial charge in [0.15, 0.2) is 0 Å². The summed E-state index contributed by atoms with van der Waals surface area (Å²) >= 11 is 1.38. The maximum Gasteiger partial charge on any atom is 0.265 e. The van der Waals surface area contributed by atoms with E-state index in [1.165, 1.54) is 17.8 Å². The highest BCUT2D eigenvalue weighted by atomic mass is 32.1. The van der Waals surface area contributed by atoms with E-state index in [1.54, 1.807) is 23.3 Å². The first kappa shape index (κ1) is 21.4. The molecule has 6 heteroatoms. The van der Waals surface area contributed by atoms with E-state index in [0.717, 1.165) is 36.8 Å². The topological polar surface area (TPSA) is 62.6 Å². The van der Waals surface area contributed by atoms with Crippen LogP contribution in [0.2, 0.25) is 0 Å². The Bertz CT molecular complexity index is 974. The number of hydrogen-bond acceptors (Lipinski definition) is 4. The number of carbonyl (C=O) groups excluding carboxylic acids is 2. The fraction of sp³-hybridized carbons (Fsp3) is 0.360. The molecule has 4 rings (SSSR count). The van der Waals surface area contributed by atoms with Crippen LogP contribution in [0.4, 0.5) is 0 Å². The first-order valence-electron chi connectivity index (χ1n) is 10.9. The summed E-state index contributed by atoms with van der Waals surface area (Å²) in [6.07, 6.45) is 7.04. The molecule has 5 nitrogen and oxygen atoms in total. The number of aryl methyl sites for hydroxylation is 1. The van der Waals surface area contributed by atoms with E-state index in [2.05, 4.69) is 5.32 Å². The Labute approximate surface area is 187 Å². The summed E-state index contributed by atoms with van der Waals surface area (Å²) in [5.41, 5.74) is 1.91. The monoisotopic (exact) mass is 436 g/mol. The van der Waals surface area contributed by atoms with Gasteiger partial charge in [-0.1, -0.05) is 55.2 Å². The number of furan rings is 1. The Kier molecular flexibility index (Phi) is 6.87. The molecule has 2 heterocycles. The molecule has 0 radical (unpaired) electrons. The van der Waals surface area contributed by atoms with Gasteiger partial charge in [0.2, 0.25) is 5.91 Å². The average molecular weight is 437 g/mol. The van der Waals surface area contributed by atoms with Crippen LogP contribution in [0.1, 0.15) is 64.7 Å². The minimum Gasteiger partial charge on any atom is -0.467 e. The molecule has 1 aliphatic carbocycles. The van der Waals surface area contributed by atoms with Gasteiger partial charge in [-0.15, -0.1) is 11.3 Å². The van der Waals surface area contributed by atoms with Crippen molar-refractivity contribution >= 4 is 23.2 Å². The van der Waals surface area contributed by atoms with Gasteiger partial charge in [0.25, 0.3) is 5.91 Å². The summed E-state index contributed by atoms with van der Waals surface area (Å²) in [7, 11) is 0. The molecular weight excluding hydrogens is 408 g/mol. The third kappa shape index (κ3) is 5.25. The highest BCUT2D eigenvalue weighted by Gasteiger charge is 2.34. The molecule has 0 bridgehead atoms. The van der Waals surface area contributed by atoms with Crippen LogP contribution < -0.4 is 5.32 Å². The van der Waals surface area contributed by atoms with Gasteiger partial charge in [0.1, 0.15) is 11.8 Å². The lowest BCUT2D eigenvalue weighted by Crippen LogP contribution is -2.46. The fourth-order valence-electron chi connectivity index (χ4n) is 4.14. The van der Waals surface area contributed by atoms with Crippen molar-refractivity contribution in [3.63, 3.8) is 0 Å². The molecule has 0 spiro atoms. The lowest BCUT2D eigenvalue weighted by molar-refractivity contribution is -0.127. The minimum atomic E-state index is -0.734. The number of nitrogens with one attached hydrogen (secondary N) is 1. The largest absolute Gasteiger partial charge is 0.467 e. The second-order valence-corrected chi connectivity index (χ2v) is 9.09. The number of nitrogens with zero attached hydrogens (tertiary/aromatic N) is 1. The third-order valence-corrected chi connectivity index (χ3v) is 6.66. The molecule has 0 aliphatic heterocycles. The molecule has 1 fully saturated rings. The molecule has 1 unspecified atom stereocenters. The lowest BCUT2D eigenvalue weighted by Gasteiger charge is -2.32. The predicted molar refractivity (Wildman–Crippen MR) is 122 cm³/mol. The third-order valence-electron chi connectivity index (χ3n) is 5.80. The number of amides is 2. The van der Waals surface area contributed by atoms with E-state index in [1.807, 2.05) is 48.7 Å². The number of hydrogen-bond donors (Lipinski definition) is 1. The molecule has 0 saturated heterocycles. The molecule has 162 valence electrons. The molecule has 1 atom stereocenters. The Balaban J connectivity index is 1.70. The van der Waals surface area contributed by atoms with Crippen LogP contribution in [0, 0.1) is 6.92 Å². The molecule has 1 aliphatic rings. The summed E-state index contributed by atoms with van der Waals surface area (Å²) in [5, 5.41) is 5.11. The lowest BCUT2D eigenvalue weighted by atomic mass is 9.94. The molecule has 3 aromatic rings. The maximum atomic E-state index is 13.6. The molecule has 1 saturated carbocycles. The van der Waals surface area contributed by atoms with Crippen molar-refractivity contribution in [1.82, 2.24) is 10.2 Å². The van der Waals surface area contributed by atoms with Crippen molar-refractivity contribution in [2.45, 2.75) is 57.7 Å². The quantitative estimate of drug-likeness (QED) is 0.533. The summed E-state index contributed by atoms with van der Waals surface area (Å²) in [6, 6.07) is 14.6. The van der Waals surface area contributed by atoms with Crippen LogP contribution in [-0.4, -0.2) is 22.8 Å². The van der Waals surface area contributed by atoms with E-state index in [9.17, 15) is 9.59 Å². The Morgan fingerprint density at radius 3 is 2.52 bits per heavy atom. The van der Waals surface area contributed by atoms with Gasteiger partial charge in [-0.2, -0.15) is 0 Å². The van der Waals surface area contributed by atoms with E-state index >= 15 is 0 Å². The molecular formula is C25H28N2O3S. The van der Waals surface area contributed by atoms with Gasteiger partial charge in [-0.05, 0) is 48.9 Å². The van der Waals surface area contributed by atoms with Crippen LogP contribution in [0.15, 0.2) is 64.6 Å². The number of carbonyl (C=O) groups is 2. The number of benzene rings is 1. The Morgan fingerprint density at radius 1 is 1.10 bits per heavy atom. The van der Waals surface area contributed by atoms with E-state index in [-0.39, 0.29) is 24.4 Å². The first-order valence-corrected chi connectivity index (χ1v) is 11.7. The van der Waals surface area contributed by atoms with Crippen LogP contribution in [-0.2, 0) is 11.3 Å². The zero-order valence-electron chi connectivity index (χ0n) is 17.8. The minimum absolute atomic E-state index is 0.132. The maximum absolute atomic E-state index is 13.6. The van der Waals surface area contributed by atoms with Crippen molar-refractivity contribution in [2.75, 3.05) is 0 Å². The summed E-state index contributed by atoms with van der Waals surface area (Å²) in [4.78, 5) is 29.4. The highest BCUT2D eigenvalue weighted by Crippen LogP contribution is 2.28. The standard InChI is InChI=1S/C25H28N2O3S/c1-18-11-13-19(14-12-18)23(24(28)26-20-7-3-2-4-8-20)27(17-21-9-5-15-30-21)25(29)22-10-6-16-31-22/h5-6,9-16,20,23H,2-4,7-8,17H2,1H3,(H,26,28). The number of thiophene rings is 1. The van der Waals surface area contributed by atoms with Gasteiger partial charge in [-0.3, -0.25) is 9.59 Å². The average Bonchev–Trinajstić information content (AvgIpc) is 3.49. The summed E-state index contributed by atoms with van der Waals surface area (Å²) in [6.45, 7) is 2.23. The van der Waals surface area contributed by atoms with Gasteiger partial charge in [-0.25, -0.2) is 0 Å². The van der Waals surface area contributed by atoms with Gasteiger partial charge < -0.3 is 14.6 Å². The van der Waals surface area contributed by atoms with Crippen LogP contribution in [0.3, 0.4) is 0 Å². The molecule has 2 amide bonds. The van der Waals surface area contributed by atoms with Gasteiger partial charge >= 0.3 is 0 Å². The van der Waals surface area contributed by atoms with Crippen LogP contribution >= 0.6 is 11.3 Å². The molecule has 31 heavy (non-hydrogen) atoms. The van der Waals surface area contributed by atoms with Gasteiger partial charge in [0.05, 0.1) is 17.7 Å². The second-order valence-electron chi connectivity index (χ2n) is 8.15. The zero-order valence-corrected chi connectivity index (χ0v) is 18.6. The second kappa shape index (κ2) is 9.96. The van der Waals surface area contributed by atoms with E-state index in [4.69, 9.17) is 4.42 Å². The Hall–Kier alpha value is -2.86. The fourth-order valence-corrected chi connectivity index (χ4v) is 4.82. The van der Waals surface area contributed by atoms with Crippen LogP contribution in [0.5, 0.6) is 0 Å². The van der Waals surface area contributed by atoms with Crippen molar-refractivity contribution in [3.05, 3.63) is 81.9 Å². The van der Waals surface area contributed by atoms with Crippen molar-refractivity contribution in [2.24, 2.45) is 0 Å². The van der Waals surface area contributed by atoms with Crippen molar-refractivity contribution in [3.8, 4) is 0 Å². The van der Waals surface area contributed by atoms with E-state index in [0.29, 0.717) is 10.6 Å².